The van der Waals surface area contributed by atoms with Crippen LogP contribution in [0, 0.1) is 22.7 Å². The minimum atomic E-state index is -1.01. The third-order valence-corrected chi connectivity index (χ3v) is 6.41. The lowest BCUT2D eigenvalue weighted by Crippen LogP contribution is -2.54. The Kier molecular flexibility index (Phi) is 10.7. The average molecular weight is 511 g/mol. The van der Waals surface area contributed by atoms with E-state index in [2.05, 4.69) is 15.4 Å². The van der Waals surface area contributed by atoms with Gasteiger partial charge in [-0.1, -0.05) is 54.4 Å². The molecule has 0 aromatic heterocycles. The Labute approximate surface area is 215 Å². The molecule has 4 atom stereocenters. The highest BCUT2D eigenvalue weighted by atomic mass is 16.6. The van der Waals surface area contributed by atoms with Gasteiger partial charge in [0.05, 0.1) is 19.2 Å². The van der Waals surface area contributed by atoms with Gasteiger partial charge in [0.25, 0.3) is 5.78 Å². The van der Waals surface area contributed by atoms with Crippen molar-refractivity contribution < 1.29 is 33.4 Å². The van der Waals surface area contributed by atoms with Crippen LogP contribution >= 0.6 is 0 Å². The molecule has 36 heavy (non-hydrogen) atoms. The second-order valence-electron chi connectivity index (χ2n) is 12.7. The number of esters is 1. The van der Waals surface area contributed by atoms with Crippen molar-refractivity contribution in [1.82, 2.24) is 10.6 Å². The number of hydrogen-bond donors (Lipinski definition) is 2. The Hall–Kier alpha value is -2.45. The number of methoxy groups -OCH3 is 1. The van der Waals surface area contributed by atoms with Crippen molar-refractivity contribution in [2.75, 3.05) is 7.11 Å². The fraction of sp³-hybridized carbons (Fsp3) is 0.815. The molecule has 0 spiro atoms. The number of ketones is 2. The van der Waals surface area contributed by atoms with E-state index >= 15 is 0 Å². The monoisotopic (exact) mass is 510 g/mol. The highest BCUT2D eigenvalue weighted by molar-refractivity contribution is 6.36. The molecule has 1 aliphatic rings. The molecule has 206 valence electrons. The number of Topliss-reactive ketones (excluding diaryl/α,β-unsaturated/α-hetero) is 2. The Balaban J connectivity index is 3.22. The summed E-state index contributed by atoms with van der Waals surface area (Å²) in [7, 11) is 1.12. The molecule has 0 saturated heterocycles. The number of unbranched alkanes of at least 4 members (excludes halogenated alkanes) is 1. The third-order valence-electron chi connectivity index (χ3n) is 6.41. The summed E-state index contributed by atoms with van der Waals surface area (Å²) in [6.45, 7) is 16.7. The van der Waals surface area contributed by atoms with Gasteiger partial charge < -0.3 is 20.1 Å². The molecule has 9 nitrogen and oxygen atoms in total. The molecule has 0 aromatic carbocycles. The van der Waals surface area contributed by atoms with Crippen LogP contribution in [0.5, 0.6) is 0 Å². The summed E-state index contributed by atoms with van der Waals surface area (Å²) in [5.41, 5.74) is -1.67. The van der Waals surface area contributed by atoms with Crippen LogP contribution in [0.1, 0.15) is 94.4 Å². The van der Waals surface area contributed by atoms with E-state index in [1.54, 1.807) is 20.8 Å². The lowest BCUT2D eigenvalue weighted by atomic mass is 9.77. The van der Waals surface area contributed by atoms with Crippen molar-refractivity contribution in [3.8, 4) is 0 Å². The predicted octanol–water partition coefficient (Wildman–Crippen LogP) is 3.96. The largest absolute Gasteiger partial charge is 0.463 e. The van der Waals surface area contributed by atoms with Gasteiger partial charge >= 0.3 is 12.1 Å². The summed E-state index contributed by atoms with van der Waals surface area (Å²) in [5, 5.41) is 5.46. The number of amides is 2. The van der Waals surface area contributed by atoms with Crippen LogP contribution in [0.15, 0.2) is 0 Å². The van der Waals surface area contributed by atoms with E-state index < -0.39 is 58.7 Å². The fourth-order valence-corrected chi connectivity index (χ4v) is 4.69. The first-order valence-corrected chi connectivity index (χ1v) is 12.8. The number of ether oxygens (including phenoxy) is 2. The van der Waals surface area contributed by atoms with E-state index in [0.717, 1.165) is 13.5 Å². The van der Waals surface area contributed by atoms with Gasteiger partial charge in [-0.05, 0) is 50.9 Å². The molecule has 2 unspecified atom stereocenters. The van der Waals surface area contributed by atoms with Crippen LogP contribution in [0.25, 0.3) is 0 Å². The molecule has 1 rings (SSSR count). The lowest BCUT2D eigenvalue weighted by Gasteiger charge is -2.34. The molecule has 0 aliphatic heterocycles. The van der Waals surface area contributed by atoms with E-state index in [0.29, 0.717) is 25.7 Å². The Morgan fingerprint density at radius 1 is 0.944 bits per heavy atom. The van der Waals surface area contributed by atoms with Gasteiger partial charge in [0.15, 0.2) is 5.78 Å². The number of alkyl carbamates (subject to hydrolysis) is 1. The molecule has 1 fully saturated rings. The molecule has 0 bridgehead atoms. The second kappa shape index (κ2) is 12.2. The molecule has 9 heteroatoms. The molecular formula is C27H46N2O7. The number of nitrogens with one attached hydrogen (secondary N) is 2. The van der Waals surface area contributed by atoms with Crippen LogP contribution in [0.2, 0.25) is 0 Å². The number of hydrogen-bond acceptors (Lipinski definition) is 7. The highest BCUT2D eigenvalue weighted by Crippen LogP contribution is 2.47. The van der Waals surface area contributed by atoms with Crippen molar-refractivity contribution in [2.24, 2.45) is 22.7 Å². The molecule has 0 heterocycles. The molecule has 1 aliphatic carbocycles. The number of carbonyl (C=O) groups is 5. The van der Waals surface area contributed by atoms with E-state index in [-0.39, 0.29) is 11.2 Å². The zero-order chi connectivity index (χ0) is 28.1. The maximum atomic E-state index is 13.9. The summed E-state index contributed by atoms with van der Waals surface area (Å²) >= 11 is 0. The van der Waals surface area contributed by atoms with E-state index in [9.17, 15) is 24.0 Å². The van der Waals surface area contributed by atoms with Crippen molar-refractivity contribution >= 4 is 29.5 Å². The molecule has 0 radical (unpaired) electrons. The van der Waals surface area contributed by atoms with Gasteiger partial charge in [-0.15, -0.1) is 0 Å². The summed E-state index contributed by atoms with van der Waals surface area (Å²) in [5.74, 6) is -3.87. The number of carbonyl (C=O) groups excluding carboxylic acids is 5. The summed E-state index contributed by atoms with van der Waals surface area (Å²) in [6, 6.07) is -1.89. The lowest BCUT2D eigenvalue weighted by molar-refractivity contribution is -0.153. The van der Waals surface area contributed by atoms with Crippen LogP contribution in [0.4, 0.5) is 4.79 Å². The minimum absolute atomic E-state index is 0.247. The standard InChI is InChI=1S/C27H46N2O7/c1-11-12-13-18(20(31)23(33)35-10)28-22(32)17-15-27(8,9)14-16(17)19(30)21(25(2,3)4)29-24(34)36-26(5,6)7/h16-18,21H,11-15H2,1-10H3,(H,28,32)(H,29,34)/t16?,17-,18?,21-/m1/s1. The fourth-order valence-electron chi connectivity index (χ4n) is 4.69. The van der Waals surface area contributed by atoms with Gasteiger partial charge in [-0.2, -0.15) is 0 Å². The van der Waals surface area contributed by atoms with Gasteiger partial charge in [0.1, 0.15) is 5.60 Å². The average Bonchev–Trinajstić information content (AvgIpc) is 3.06. The predicted molar refractivity (Wildman–Crippen MR) is 136 cm³/mol. The van der Waals surface area contributed by atoms with Crippen LogP contribution in [-0.2, 0) is 28.7 Å². The highest BCUT2D eigenvalue weighted by Gasteiger charge is 2.50. The van der Waals surface area contributed by atoms with E-state index in [1.807, 2.05) is 41.5 Å². The van der Waals surface area contributed by atoms with Gasteiger partial charge in [0.2, 0.25) is 5.91 Å². The van der Waals surface area contributed by atoms with Crippen molar-refractivity contribution in [3.05, 3.63) is 0 Å². The SMILES string of the molecule is CCCCC(NC(=O)[C@@H]1CC(C)(C)CC1C(=O)[C@@H](NC(=O)OC(C)(C)C)C(C)(C)C)C(=O)C(=O)OC. The van der Waals surface area contributed by atoms with E-state index in [4.69, 9.17) is 4.74 Å². The van der Waals surface area contributed by atoms with Crippen LogP contribution in [0.3, 0.4) is 0 Å². The quantitative estimate of drug-likeness (QED) is 0.336. The minimum Gasteiger partial charge on any atom is -0.463 e. The summed E-state index contributed by atoms with van der Waals surface area (Å²) in [4.78, 5) is 64.2. The zero-order valence-corrected chi connectivity index (χ0v) is 23.7. The Morgan fingerprint density at radius 3 is 1.97 bits per heavy atom. The first-order valence-electron chi connectivity index (χ1n) is 12.8. The smallest absolute Gasteiger partial charge is 0.408 e. The molecular weight excluding hydrogens is 464 g/mol. The van der Waals surface area contributed by atoms with Gasteiger partial charge in [-0.25, -0.2) is 9.59 Å². The molecule has 1 saturated carbocycles. The zero-order valence-electron chi connectivity index (χ0n) is 23.7. The Morgan fingerprint density at radius 2 is 1.50 bits per heavy atom. The molecule has 2 amide bonds. The van der Waals surface area contributed by atoms with Crippen LogP contribution in [-0.4, -0.2) is 54.3 Å². The van der Waals surface area contributed by atoms with Crippen molar-refractivity contribution in [1.29, 1.82) is 0 Å². The first-order chi connectivity index (χ1) is 16.3. The maximum absolute atomic E-state index is 13.9. The summed E-state index contributed by atoms with van der Waals surface area (Å²) in [6.07, 6.45) is 1.91. The second-order valence-corrected chi connectivity index (χ2v) is 12.7. The molecule has 0 aromatic rings. The first kappa shape index (κ1) is 31.6. The Bertz CT molecular complexity index is 836. The molecule has 2 N–H and O–H groups in total. The topological polar surface area (TPSA) is 128 Å². The third kappa shape index (κ3) is 9.21. The normalized spacial score (nSPS) is 21.2. The van der Waals surface area contributed by atoms with E-state index in [1.165, 1.54) is 0 Å². The number of rotatable bonds is 10. The van der Waals surface area contributed by atoms with Crippen molar-refractivity contribution in [2.45, 2.75) is 112 Å². The van der Waals surface area contributed by atoms with Crippen molar-refractivity contribution in [3.63, 3.8) is 0 Å². The van der Waals surface area contributed by atoms with Crippen LogP contribution < -0.4 is 10.6 Å². The summed E-state index contributed by atoms with van der Waals surface area (Å²) < 4.78 is 9.94. The van der Waals surface area contributed by atoms with Gasteiger partial charge in [-0.3, -0.25) is 14.4 Å². The van der Waals surface area contributed by atoms with Gasteiger partial charge in [0, 0.05) is 11.8 Å². The maximum Gasteiger partial charge on any atom is 0.408 e.